The number of hydrogen-bond donors (Lipinski definition) is 2. The third kappa shape index (κ3) is 4.97. The second-order valence-electron chi connectivity index (χ2n) is 4.02. The maximum atomic E-state index is 11.6. The number of nitrogens with one attached hydrogen (secondary N) is 2. The Labute approximate surface area is 102 Å². The second kappa shape index (κ2) is 7.04. The first kappa shape index (κ1) is 13.7. The van der Waals surface area contributed by atoms with Gasteiger partial charge in [0.1, 0.15) is 0 Å². The van der Waals surface area contributed by atoms with Gasteiger partial charge in [0.2, 0.25) is 5.91 Å². The van der Waals surface area contributed by atoms with Crippen LogP contribution >= 0.6 is 0 Å². The van der Waals surface area contributed by atoms with Crippen LogP contribution in [-0.2, 0) is 9.53 Å². The van der Waals surface area contributed by atoms with Crippen LogP contribution in [0.5, 0.6) is 0 Å². The quantitative estimate of drug-likeness (QED) is 0.736. The Kier molecular flexibility index (Phi) is 5.66. The van der Waals surface area contributed by atoms with Gasteiger partial charge in [-0.2, -0.15) is 0 Å². The van der Waals surface area contributed by atoms with E-state index in [-0.39, 0.29) is 5.91 Å². The van der Waals surface area contributed by atoms with Gasteiger partial charge in [-0.25, -0.2) is 0 Å². The first-order valence-corrected chi connectivity index (χ1v) is 5.70. The van der Waals surface area contributed by atoms with Gasteiger partial charge in [0.15, 0.2) is 0 Å². The summed E-state index contributed by atoms with van der Waals surface area (Å²) < 4.78 is 4.88. The Morgan fingerprint density at radius 2 is 2.06 bits per heavy atom. The van der Waals surface area contributed by atoms with Crippen LogP contribution in [0.3, 0.4) is 0 Å². The maximum Gasteiger partial charge on any atom is 0.238 e. The SMILES string of the molecule is COCCNCC(=O)Nc1ccc(C)c(C)c1. The minimum Gasteiger partial charge on any atom is -0.383 e. The smallest absolute Gasteiger partial charge is 0.238 e. The van der Waals surface area contributed by atoms with Gasteiger partial charge in [-0.05, 0) is 37.1 Å². The number of rotatable bonds is 6. The molecule has 0 radical (unpaired) electrons. The molecule has 1 aromatic rings. The van der Waals surface area contributed by atoms with Gasteiger partial charge in [0, 0.05) is 19.3 Å². The number of ether oxygens (including phenoxy) is 1. The largest absolute Gasteiger partial charge is 0.383 e. The number of carbonyl (C=O) groups excluding carboxylic acids is 1. The molecular formula is C13H20N2O2. The zero-order valence-corrected chi connectivity index (χ0v) is 10.7. The van der Waals surface area contributed by atoms with Crippen molar-refractivity contribution in [3.63, 3.8) is 0 Å². The number of methoxy groups -OCH3 is 1. The Balaban J connectivity index is 2.37. The molecule has 0 aromatic heterocycles. The summed E-state index contributed by atoms with van der Waals surface area (Å²) in [5, 5.41) is 5.84. The second-order valence-corrected chi connectivity index (χ2v) is 4.02. The van der Waals surface area contributed by atoms with Crippen molar-refractivity contribution in [2.75, 3.05) is 32.1 Å². The topological polar surface area (TPSA) is 50.4 Å². The average Bonchev–Trinajstić information content (AvgIpc) is 2.30. The van der Waals surface area contributed by atoms with Crippen molar-refractivity contribution in [1.82, 2.24) is 5.32 Å². The molecule has 0 saturated heterocycles. The molecular weight excluding hydrogens is 216 g/mol. The summed E-state index contributed by atoms with van der Waals surface area (Å²) in [6.45, 7) is 5.67. The van der Waals surface area contributed by atoms with E-state index < -0.39 is 0 Å². The van der Waals surface area contributed by atoms with Crippen molar-refractivity contribution in [2.45, 2.75) is 13.8 Å². The lowest BCUT2D eigenvalue weighted by molar-refractivity contribution is -0.115. The highest BCUT2D eigenvalue weighted by Gasteiger charge is 2.02. The lowest BCUT2D eigenvalue weighted by Gasteiger charge is -2.08. The third-order valence-electron chi connectivity index (χ3n) is 2.56. The summed E-state index contributed by atoms with van der Waals surface area (Å²) in [5.41, 5.74) is 3.24. The Morgan fingerprint density at radius 1 is 1.29 bits per heavy atom. The molecule has 2 N–H and O–H groups in total. The molecule has 4 nitrogen and oxygen atoms in total. The standard InChI is InChI=1S/C13H20N2O2/c1-10-4-5-12(8-11(10)2)15-13(16)9-14-6-7-17-3/h4-5,8,14H,6-7,9H2,1-3H3,(H,15,16). The molecule has 0 aliphatic heterocycles. The molecule has 0 spiro atoms. The molecule has 0 aliphatic carbocycles. The first-order chi connectivity index (χ1) is 8.13. The van der Waals surface area contributed by atoms with E-state index in [4.69, 9.17) is 4.74 Å². The lowest BCUT2D eigenvalue weighted by Crippen LogP contribution is -2.30. The van der Waals surface area contributed by atoms with E-state index in [0.717, 1.165) is 5.69 Å². The van der Waals surface area contributed by atoms with Crippen molar-refractivity contribution >= 4 is 11.6 Å². The summed E-state index contributed by atoms with van der Waals surface area (Å²) >= 11 is 0. The minimum absolute atomic E-state index is 0.0376. The average molecular weight is 236 g/mol. The summed E-state index contributed by atoms with van der Waals surface area (Å²) in [7, 11) is 1.64. The van der Waals surface area contributed by atoms with Crippen LogP contribution in [0.4, 0.5) is 5.69 Å². The van der Waals surface area contributed by atoms with E-state index in [9.17, 15) is 4.79 Å². The van der Waals surface area contributed by atoms with Crippen LogP contribution in [0.15, 0.2) is 18.2 Å². The van der Waals surface area contributed by atoms with Gasteiger partial charge >= 0.3 is 0 Å². The van der Waals surface area contributed by atoms with E-state index in [1.807, 2.05) is 32.0 Å². The van der Waals surface area contributed by atoms with Crippen molar-refractivity contribution in [3.05, 3.63) is 29.3 Å². The van der Waals surface area contributed by atoms with E-state index in [1.165, 1.54) is 11.1 Å². The molecule has 1 amide bonds. The van der Waals surface area contributed by atoms with Crippen LogP contribution in [0.1, 0.15) is 11.1 Å². The third-order valence-corrected chi connectivity index (χ3v) is 2.56. The van der Waals surface area contributed by atoms with Crippen molar-refractivity contribution in [3.8, 4) is 0 Å². The van der Waals surface area contributed by atoms with Crippen LogP contribution in [0.25, 0.3) is 0 Å². The Morgan fingerprint density at radius 3 is 2.71 bits per heavy atom. The fraction of sp³-hybridized carbons (Fsp3) is 0.462. The zero-order chi connectivity index (χ0) is 12.7. The Bertz CT molecular complexity index is 378. The van der Waals surface area contributed by atoms with Gasteiger partial charge in [-0.3, -0.25) is 4.79 Å². The monoisotopic (exact) mass is 236 g/mol. The molecule has 0 unspecified atom stereocenters. The highest BCUT2D eigenvalue weighted by molar-refractivity contribution is 5.92. The highest BCUT2D eigenvalue weighted by Crippen LogP contribution is 2.13. The molecule has 0 aliphatic rings. The molecule has 0 fully saturated rings. The molecule has 0 atom stereocenters. The molecule has 1 aromatic carbocycles. The van der Waals surface area contributed by atoms with Gasteiger partial charge in [-0.1, -0.05) is 6.07 Å². The maximum absolute atomic E-state index is 11.6. The first-order valence-electron chi connectivity index (χ1n) is 5.70. The fourth-order valence-corrected chi connectivity index (χ4v) is 1.40. The normalized spacial score (nSPS) is 10.3. The zero-order valence-electron chi connectivity index (χ0n) is 10.7. The van der Waals surface area contributed by atoms with Gasteiger partial charge < -0.3 is 15.4 Å². The van der Waals surface area contributed by atoms with Crippen LogP contribution in [0, 0.1) is 13.8 Å². The molecule has 1 rings (SSSR count). The van der Waals surface area contributed by atoms with E-state index in [1.54, 1.807) is 7.11 Å². The van der Waals surface area contributed by atoms with Crippen molar-refractivity contribution in [2.24, 2.45) is 0 Å². The predicted molar refractivity (Wildman–Crippen MR) is 69.3 cm³/mol. The summed E-state index contributed by atoms with van der Waals surface area (Å²) in [5.74, 6) is -0.0376. The number of anilines is 1. The van der Waals surface area contributed by atoms with Gasteiger partial charge in [0.25, 0.3) is 0 Å². The van der Waals surface area contributed by atoms with Crippen LogP contribution in [0.2, 0.25) is 0 Å². The number of aryl methyl sites for hydroxylation is 2. The van der Waals surface area contributed by atoms with E-state index in [0.29, 0.717) is 19.7 Å². The number of carbonyl (C=O) groups is 1. The number of hydrogen-bond acceptors (Lipinski definition) is 3. The predicted octanol–water partition coefficient (Wildman–Crippen LogP) is 1.48. The highest BCUT2D eigenvalue weighted by atomic mass is 16.5. The number of benzene rings is 1. The summed E-state index contributed by atoms with van der Waals surface area (Å²) in [6, 6.07) is 5.89. The van der Waals surface area contributed by atoms with Crippen LogP contribution in [-0.4, -0.2) is 32.7 Å². The van der Waals surface area contributed by atoms with E-state index >= 15 is 0 Å². The Hall–Kier alpha value is -1.39. The minimum atomic E-state index is -0.0376. The van der Waals surface area contributed by atoms with Gasteiger partial charge in [0.05, 0.1) is 13.2 Å². The van der Waals surface area contributed by atoms with Crippen molar-refractivity contribution in [1.29, 1.82) is 0 Å². The molecule has 0 bridgehead atoms. The molecule has 0 saturated carbocycles. The van der Waals surface area contributed by atoms with Gasteiger partial charge in [-0.15, -0.1) is 0 Å². The fourth-order valence-electron chi connectivity index (χ4n) is 1.40. The summed E-state index contributed by atoms with van der Waals surface area (Å²) in [6.07, 6.45) is 0. The molecule has 17 heavy (non-hydrogen) atoms. The number of amides is 1. The molecule has 4 heteroatoms. The van der Waals surface area contributed by atoms with Crippen molar-refractivity contribution < 1.29 is 9.53 Å². The molecule has 0 heterocycles. The summed E-state index contributed by atoms with van der Waals surface area (Å²) in [4.78, 5) is 11.6. The lowest BCUT2D eigenvalue weighted by atomic mass is 10.1. The van der Waals surface area contributed by atoms with Crippen LogP contribution < -0.4 is 10.6 Å². The molecule has 94 valence electrons. The van der Waals surface area contributed by atoms with E-state index in [2.05, 4.69) is 10.6 Å².